The van der Waals surface area contributed by atoms with Crippen LogP contribution in [0.2, 0.25) is 0 Å². The van der Waals surface area contributed by atoms with E-state index in [1.165, 1.54) is 22.3 Å². The van der Waals surface area contributed by atoms with Crippen LogP contribution in [-0.2, 0) is 17.6 Å². The number of ether oxygens (including phenoxy) is 1. The van der Waals surface area contributed by atoms with Crippen molar-refractivity contribution in [2.24, 2.45) is 17.1 Å². The Morgan fingerprint density at radius 1 is 1.25 bits per heavy atom. The van der Waals surface area contributed by atoms with Crippen molar-refractivity contribution in [1.29, 1.82) is 0 Å². The van der Waals surface area contributed by atoms with E-state index in [4.69, 9.17) is 22.7 Å². The number of thiophene rings is 1. The first-order chi connectivity index (χ1) is 15.1. The maximum absolute atomic E-state index is 12.3. The van der Waals surface area contributed by atoms with E-state index in [1.807, 2.05) is 24.3 Å². The summed E-state index contributed by atoms with van der Waals surface area (Å²) in [6.07, 6.45) is 5.83. The molecule has 8 heteroatoms. The molecule has 6 nitrogen and oxygen atoms in total. The Kier molecular flexibility index (Phi) is 7.36. The van der Waals surface area contributed by atoms with Gasteiger partial charge in [-0.3, -0.25) is 14.9 Å². The number of nitrogens with two attached hydrogens (primary N) is 1. The van der Waals surface area contributed by atoms with Gasteiger partial charge in [-0.1, -0.05) is 32.9 Å². The molecule has 0 saturated heterocycles. The summed E-state index contributed by atoms with van der Waals surface area (Å²) in [4.78, 5) is 25.6. The number of anilines is 1. The fourth-order valence-corrected chi connectivity index (χ4v) is 5.45. The van der Waals surface area contributed by atoms with E-state index in [2.05, 4.69) is 31.4 Å². The topological polar surface area (TPSA) is 93.4 Å². The van der Waals surface area contributed by atoms with Gasteiger partial charge in [0, 0.05) is 11.0 Å². The van der Waals surface area contributed by atoms with Gasteiger partial charge in [0.1, 0.15) is 10.8 Å². The lowest BCUT2D eigenvalue weighted by atomic mass is 9.72. The molecule has 32 heavy (non-hydrogen) atoms. The van der Waals surface area contributed by atoms with E-state index in [0.717, 1.165) is 36.1 Å². The first-order valence-corrected chi connectivity index (χ1v) is 11.7. The van der Waals surface area contributed by atoms with Crippen molar-refractivity contribution in [3.05, 3.63) is 51.9 Å². The van der Waals surface area contributed by atoms with Crippen LogP contribution < -0.4 is 21.1 Å². The number of hydrogen-bond donors (Lipinski definition) is 3. The van der Waals surface area contributed by atoms with Crippen molar-refractivity contribution in [1.82, 2.24) is 5.32 Å². The second-order valence-electron chi connectivity index (χ2n) is 8.93. The molecule has 1 aliphatic rings. The highest BCUT2D eigenvalue weighted by Gasteiger charge is 2.33. The summed E-state index contributed by atoms with van der Waals surface area (Å²) >= 11 is 6.80. The fraction of sp³-hybridized carbons (Fsp3) is 0.375. The van der Waals surface area contributed by atoms with Crippen LogP contribution in [0.5, 0.6) is 5.75 Å². The van der Waals surface area contributed by atoms with Crippen LogP contribution >= 0.6 is 23.6 Å². The lowest BCUT2D eigenvalue weighted by Gasteiger charge is -2.33. The van der Waals surface area contributed by atoms with Crippen molar-refractivity contribution in [3.63, 3.8) is 0 Å². The van der Waals surface area contributed by atoms with Gasteiger partial charge >= 0.3 is 0 Å². The molecule has 1 heterocycles. The highest BCUT2D eigenvalue weighted by Crippen LogP contribution is 2.44. The minimum Gasteiger partial charge on any atom is -0.497 e. The molecule has 3 rings (SSSR count). The SMILES string of the molecule is COc1ccc(/C=C/C(=O)NC(=S)Nc2sc3c(c2C(N)=O)CCC(C(C)(C)C)C3)cc1. The molecule has 0 fully saturated rings. The minimum absolute atomic E-state index is 0.128. The number of carbonyl (C=O) groups is 2. The van der Waals surface area contributed by atoms with Crippen LogP contribution in [0.25, 0.3) is 6.08 Å². The molecule has 1 atom stereocenters. The molecule has 1 aromatic heterocycles. The number of nitrogens with one attached hydrogen (secondary N) is 2. The first-order valence-electron chi connectivity index (χ1n) is 10.5. The predicted octanol–water partition coefficient (Wildman–Crippen LogP) is 4.53. The van der Waals surface area contributed by atoms with E-state index in [-0.39, 0.29) is 16.4 Å². The van der Waals surface area contributed by atoms with Gasteiger partial charge in [-0.2, -0.15) is 0 Å². The molecule has 0 aliphatic heterocycles. The quantitative estimate of drug-likeness (QED) is 0.440. The summed E-state index contributed by atoms with van der Waals surface area (Å²) in [7, 11) is 1.60. The van der Waals surface area contributed by atoms with Gasteiger partial charge in [0.2, 0.25) is 5.91 Å². The zero-order valence-electron chi connectivity index (χ0n) is 18.8. The number of methoxy groups -OCH3 is 1. The number of thiocarbonyl (C=S) groups is 1. The van der Waals surface area contributed by atoms with E-state index >= 15 is 0 Å². The van der Waals surface area contributed by atoms with Crippen molar-refractivity contribution < 1.29 is 14.3 Å². The summed E-state index contributed by atoms with van der Waals surface area (Å²) in [6.45, 7) is 6.73. The molecule has 1 aromatic carbocycles. The molecule has 170 valence electrons. The molecule has 0 spiro atoms. The second-order valence-corrected chi connectivity index (χ2v) is 10.4. The Labute approximate surface area is 198 Å². The second kappa shape index (κ2) is 9.83. The van der Waals surface area contributed by atoms with Gasteiger partial charge in [-0.15, -0.1) is 11.3 Å². The normalized spacial score (nSPS) is 15.8. The Morgan fingerprint density at radius 2 is 1.94 bits per heavy atom. The van der Waals surface area contributed by atoms with Gasteiger partial charge in [0.05, 0.1) is 12.7 Å². The Hall–Kier alpha value is -2.71. The molecule has 2 amide bonds. The molecule has 1 unspecified atom stereocenters. The molecular formula is C24H29N3O3S2. The Bertz CT molecular complexity index is 1050. The highest BCUT2D eigenvalue weighted by atomic mass is 32.1. The highest BCUT2D eigenvalue weighted by molar-refractivity contribution is 7.80. The van der Waals surface area contributed by atoms with Crippen LogP contribution in [-0.4, -0.2) is 24.0 Å². The van der Waals surface area contributed by atoms with Crippen LogP contribution in [0.1, 0.15) is 53.6 Å². The number of hydrogen-bond acceptors (Lipinski definition) is 5. The molecule has 4 N–H and O–H groups in total. The molecule has 0 radical (unpaired) electrons. The smallest absolute Gasteiger partial charge is 0.251 e. The van der Waals surface area contributed by atoms with Crippen molar-refractivity contribution in [2.45, 2.75) is 40.0 Å². The van der Waals surface area contributed by atoms with Gasteiger partial charge in [0.25, 0.3) is 5.91 Å². The molecular weight excluding hydrogens is 442 g/mol. The third kappa shape index (κ3) is 5.75. The molecule has 0 saturated carbocycles. The number of carbonyl (C=O) groups excluding carboxylic acids is 2. The Balaban J connectivity index is 1.68. The Morgan fingerprint density at radius 3 is 2.53 bits per heavy atom. The average molecular weight is 472 g/mol. The van der Waals surface area contributed by atoms with Gasteiger partial charge in [-0.05, 0) is 72.1 Å². The maximum Gasteiger partial charge on any atom is 0.251 e. The van der Waals surface area contributed by atoms with E-state index in [9.17, 15) is 9.59 Å². The van der Waals surface area contributed by atoms with Crippen LogP contribution in [0.4, 0.5) is 5.00 Å². The van der Waals surface area contributed by atoms with Crippen LogP contribution in [0.3, 0.4) is 0 Å². The van der Waals surface area contributed by atoms with E-state index in [0.29, 0.717) is 16.5 Å². The number of rotatable bonds is 5. The van der Waals surface area contributed by atoms with Crippen molar-refractivity contribution in [2.75, 3.05) is 12.4 Å². The summed E-state index contributed by atoms with van der Waals surface area (Å²) in [5.41, 5.74) is 8.24. The number of benzene rings is 1. The lowest BCUT2D eigenvalue weighted by molar-refractivity contribution is -0.115. The summed E-state index contributed by atoms with van der Waals surface area (Å²) in [5, 5.41) is 6.37. The van der Waals surface area contributed by atoms with Gasteiger partial charge < -0.3 is 15.8 Å². The van der Waals surface area contributed by atoms with Crippen molar-refractivity contribution >= 4 is 51.6 Å². The summed E-state index contributed by atoms with van der Waals surface area (Å²) < 4.78 is 5.12. The van der Waals surface area contributed by atoms with E-state index < -0.39 is 5.91 Å². The molecule has 2 aromatic rings. The largest absolute Gasteiger partial charge is 0.497 e. The number of fused-ring (bicyclic) bond motifs is 1. The lowest BCUT2D eigenvalue weighted by Crippen LogP contribution is -2.33. The summed E-state index contributed by atoms with van der Waals surface area (Å²) in [6, 6.07) is 7.33. The van der Waals surface area contributed by atoms with Gasteiger partial charge in [-0.25, -0.2) is 0 Å². The fourth-order valence-electron chi connectivity index (χ4n) is 3.85. The van der Waals surface area contributed by atoms with Crippen molar-refractivity contribution in [3.8, 4) is 5.75 Å². The zero-order valence-corrected chi connectivity index (χ0v) is 20.4. The average Bonchev–Trinajstić information content (AvgIpc) is 3.08. The minimum atomic E-state index is -0.479. The monoisotopic (exact) mass is 471 g/mol. The number of amides is 2. The maximum atomic E-state index is 12.3. The number of primary amides is 1. The van der Waals surface area contributed by atoms with Crippen LogP contribution in [0, 0.1) is 11.3 Å². The molecule has 1 aliphatic carbocycles. The standard InChI is InChI=1S/C24H29N3O3S2/c1-24(2,3)15-8-11-17-18(13-15)32-22(20(17)21(25)29)27-23(31)26-19(28)12-7-14-5-9-16(30-4)10-6-14/h5-7,9-10,12,15H,8,11,13H2,1-4H3,(H2,25,29)(H2,26,27,28,31)/b12-7+. The third-order valence-electron chi connectivity index (χ3n) is 5.74. The van der Waals surface area contributed by atoms with Gasteiger partial charge in [0.15, 0.2) is 5.11 Å². The third-order valence-corrected chi connectivity index (χ3v) is 7.12. The van der Waals surface area contributed by atoms with Crippen LogP contribution in [0.15, 0.2) is 30.3 Å². The predicted molar refractivity (Wildman–Crippen MR) is 134 cm³/mol. The zero-order chi connectivity index (χ0) is 23.5. The first kappa shape index (κ1) is 23.9. The molecule has 0 bridgehead atoms. The van der Waals surface area contributed by atoms with E-state index in [1.54, 1.807) is 13.2 Å². The summed E-state index contributed by atoms with van der Waals surface area (Å²) in [5.74, 6) is 0.437.